The Balaban J connectivity index is 1.73. The quantitative estimate of drug-likeness (QED) is 0.563. The summed E-state index contributed by atoms with van der Waals surface area (Å²) in [5.74, 6) is 0.588. The summed E-state index contributed by atoms with van der Waals surface area (Å²) < 4.78 is 1.79. The Morgan fingerprint density at radius 2 is 1.71 bits per heavy atom. The van der Waals surface area contributed by atoms with Crippen molar-refractivity contribution in [3.05, 3.63) is 78.5 Å². The van der Waals surface area contributed by atoms with Crippen molar-refractivity contribution in [1.82, 2.24) is 24.7 Å². The first-order valence-corrected chi connectivity index (χ1v) is 9.20. The van der Waals surface area contributed by atoms with Crippen LogP contribution in [0.2, 0.25) is 0 Å². The zero-order valence-corrected chi connectivity index (χ0v) is 16.2. The fraction of sp³-hybridized carbons (Fsp3) is 0.182. The minimum Gasteiger partial charge on any atom is -0.348 e. The summed E-state index contributed by atoms with van der Waals surface area (Å²) >= 11 is 0. The molecule has 3 aromatic heterocycles. The minimum absolute atomic E-state index is 0.0475. The van der Waals surface area contributed by atoms with Crippen LogP contribution in [0.5, 0.6) is 0 Å². The molecule has 0 saturated carbocycles. The first kappa shape index (κ1) is 17.9. The second kappa shape index (κ2) is 7.60. The lowest BCUT2D eigenvalue weighted by molar-refractivity contribution is 0.765. The van der Waals surface area contributed by atoms with Crippen molar-refractivity contribution in [3.63, 3.8) is 0 Å². The van der Waals surface area contributed by atoms with Crippen molar-refractivity contribution in [2.24, 2.45) is 7.05 Å². The smallest absolute Gasteiger partial charge is 0.223 e. The average molecular weight is 370 g/mol. The average Bonchev–Trinajstić information content (AvgIpc) is 3.16. The summed E-state index contributed by atoms with van der Waals surface area (Å²) in [5.41, 5.74) is 6.26. The van der Waals surface area contributed by atoms with Gasteiger partial charge in [0.1, 0.15) is 0 Å². The van der Waals surface area contributed by atoms with Gasteiger partial charge in [-0.1, -0.05) is 29.8 Å². The van der Waals surface area contributed by atoms with E-state index in [4.69, 9.17) is 4.98 Å². The van der Waals surface area contributed by atoms with E-state index >= 15 is 0 Å². The van der Waals surface area contributed by atoms with Crippen LogP contribution >= 0.6 is 0 Å². The Bertz CT molecular complexity index is 1070. The summed E-state index contributed by atoms with van der Waals surface area (Å²) in [7, 11) is 1.91. The van der Waals surface area contributed by atoms with Gasteiger partial charge in [-0.15, -0.1) is 0 Å². The minimum atomic E-state index is 0.0475. The Labute approximate surface area is 164 Å². The number of aryl methyl sites for hydroxylation is 2. The molecule has 0 aliphatic heterocycles. The van der Waals surface area contributed by atoms with Crippen LogP contribution in [0.1, 0.15) is 24.1 Å². The predicted octanol–water partition coefficient (Wildman–Crippen LogP) is 4.42. The van der Waals surface area contributed by atoms with Gasteiger partial charge in [0.15, 0.2) is 0 Å². The molecule has 4 aromatic rings. The third-order valence-corrected chi connectivity index (χ3v) is 4.68. The van der Waals surface area contributed by atoms with Crippen LogP contribution in [0.25, 0.3) is 22.4 Å². The molecule has 6 heteroatoms. The molecule has 0 fully saturated rings. The molecule has 4 rings (SSSR count). The van der Waals surface area contributed by atoms with Crippen LogP contribution in [-0.4, -0.2) is 24.7 Å². The van der Waals surface area contributed by atoms with E-state index in [0.29, 0.717) is 5.95 Å². The number of pyridine rings is 1. The molecular formula is C22H22N6. The van der Waals surface area contributed by atoms with Crippen molar-refractivity contribution in [2.45, 2.75) is 19.9 Å². The number of rotatable bonds is 5. The highest BCUT2D eigenvalue weighted by atomic mass is 15.2. The van der Waals surface area contributed by atoms with Gasteiger partial charge < -0.3 is 5.32 Å². The number of nitrogens with one attached hydrogen (secondary N) is 1. The lowest BCUT2D eigenvalue weighted by Crippen LogP contribution is -2.09. The molecule has 140 valence electrons. The molecule has 0 bridgehead atoms. The second-order valence-corrected chi connectivity index (χ2v) is 6.87. The van der Waals surface area contributed by atoms with E-state index in [1.807, 2.05) is 37.8 Å². The summed E-state index contributed by atoms with van der Waals surface area (Å²) in [4.78, 5) is 13.5. The van der Waals surface area contributed by atoms with Gasteiger partial charge in [0.25, 0.3) is 0 Å². The largest absolute Gasteiger partial charge is 0.348 e. The maximum Gasteiger partial charge on any atom is 0.223 e. The van der Waals surface area contributed by atoms with Gasteiger partial charge in [-0.05, 0) is 31.5 Å². The molecule has 6 nitrogen and oxygen atoms in total. The number of anilines is 1. The maximum absolute atomic E-state index is 4.85. The highest BCUT2D eigenvalue weighted by Crippen LogP contribution is 2.31. The normalized spacial score (nSPS) is 12.0. The number of hydrogen-bond acceptors (Lipinski definition) is 5. The number of nitrogens with zero attached hydrogens (tertiary/aromatic N) is 5. The van der Waals surface area contributed by atoms with Gasteiger partial charge in [-0.25, -0.2) is 9.97 Å². The third-order valence-electron chi connectivity index (χ3n) is 4.68. The summed E-state index contributed by atoms with van der Waals surface area (Å²) in [6.07, 6.45) is 9.28. The van der Waals surface area contributed by atoms with Gasteiger partial charge in [-0.2, -0.15) is 5.10 Å². The summed E-state index contributed by atoms with van der Waals surface area (Å²) in [6, 6.07) is 12.4. The molecule has 1 N–H and O–H groups in total. The highest BCUT2D eigenvalue weighted by Gasteiger charge is 2.14. The molecule has 0 spiro atoms. The molecule has 0 aliphatic carbocycles. The van der Waals surface area contributed by atoms with E-state index < -0.39 is 0 Å². The molecule has 1 atom stereocenters. The van der Waals surface area contributed by atoms with Crippen LogP contribution in [0.3, 0.4) is 0 Å². The van der Waals surface area contributed by atoms with Gasteiger partial charge in [0, 0.05) is 48.5 Å². The van der Waals surface area contributed by atoms with E-state index in [9.17, 15) is 0 Å². The Hall–Kier alpha value is -3.54. The van der Waals surface area contributed by atoms with Gasteiger partial charge in [0.05, 0.1) is 17.9 Å². The fourth-order valence-electron chi connectivity index (χ4n) is 3.07. The lowest BCUT2D eigenvalue weighted by Gasteiger charge is -2.15. The Morgan fingerprint density at radius 1 is 0.964 bits per heavy atom. The summed E-state index contributed by atoms with van der Waals surface area (Å²) in [6.45, 7) is 4.15. The molecule has 0 saturated heterocycles. The van der Waals surface area contributed by atoms with Crippen LogP contribution in [0, 0.1) is 6.92 Å². The number of hydrogen-bond donors (Lipinski definition) is 1. The molecule has 0 unspecified atom stereocenters. The highest BCUT2D eigenvalue weighted by molar-refractivity contribution is 5.80. The number of benzene rings is 1. The molecule has 0 amide bonds. The van der Waals surface area contributed by atoms with E-state index in [2.05, 4.69) is 58.5 Å². The topological polar surface area (TPSA) is 68.5 Å². The second-order valence-electron chi connectivity index (χ2n) is 6.87. The fourth-order valence-corrected chi connectivity index (χ4v) is 3.07. The molecule has 28 heavy (non-hydrogen) atoms. The standard InChI is InChI=1S/C22H22N6/c1-15-4-6-18(7-5-15)21-20(17-8-10-23-11-9-17)13-24-22(27-21)26-16(2)19-12-25-28(3)14-19/h4-14,16H,1-3H3,(H,24,26,27)/t16-/m0/s1. The SMILES string of the molecule is Cc1ccc(-c2nc(N[C@@H](C)c3cnn(C)c3)ncc2-c2ccncc2)cc1. The van der Waals surface area contributed by atoms with Crippen molar-refractivity contribution < 1.29 is 0 Å². The van der Waals surface area contributed by atoms with Crippen LogP contribution in [0.4, 0.5) is 5.95 Å². The van der Waals surface area contributed by atoms with Crippen LogP contribution in [-0.2, 0) is 7.05 Å². The molecular weight excluding hydrogens is 348 g/mol. The van der Waals surface area contributed by atoms with E-state index in [1.165, 1.54) is 5.56 Å². The first-order chi connectivity index (χ1) is 13.6. The van der Waals surface area contributed by atoms with E-state index in [0.717, 1.165) is 27.9 Å². The summed E-state index contributed by atoms with van der Waals surface area (Å²) in [5, 5.41) is 7.62. The van der Waals surface area contributed by atoms with Crippen molar-refractivity contribution in [3.8, 4) is 22.4 Å². The Morgan fingerprint density at radius 3 is 2.39 bits per heavy atom. The maximum atomic E-state index is 4.85. The molecule has 3 heterocycles. The monoisotopic (exact) mass is 370 g/mol. The van der Waals surface area contributed by atoms with Crippen LogP contribution in [0.15, 0.2) is 67.4 Å². The molecule has 1 aromatic carbocycles. The van der Waals surface area contributed by atoms with Gasteiger partial charge in [-0.3, -0.25) is 9.67 Å². The molecule has 0 aliphatic rings. The van der Waals surface area contributed by atoms with Crippen molar-refractivity contribution >= 4 is 5.95 Å². The molecule has 0 radical (unpaired) electrons. The predicted molar refractivity (Wildman–Crippen MR) is 111 cm³/mol. The van der Waals surface area contributed by atoms with Gasteiger partial charge >= 0.3 is 0 Å². The Kier molecular flexibility index (Phi) is 4.85. The van der Waals surface area contributed by atoms with Gasteiger partial charge in [0.2, 0.25) is 5.95 Å². The zero-order chi connectivity index (χ0) is 19.5. The van der Waals surface area contributed by atoms with Crippen LogP contribution < -0.4 is 5.32 Å². The first-order valence-electron chi connectivity index (χ1n) is 9.20. The third kappa shape index (κ3) is 3.76. The zero-order valence-electron chi connectivity index (χ0n) is 16.2. The number of aromatic nitrogens is 5. The van der Waals surface area contributed by atoms with Crippen molar-refractivity contribution in [2.75, 3.05) is 5.32 Å². The van der Waals surface area contributed by atoms with E-state index in [-0.39, 0.29) is 6.04 Å². The lowest BCUT2D eigenvalue weighted by atomic mass is 10.0. The van der Waals surface area contributed by atoms with Crippen molar-refractivity contribution in [1.29, 1.82) is 0 Å². The van der Waals surface area contributed by atoms with E-state index in [1.54, 1.807) is 17.1 Å².